The second-order valence-electron chi connectivity index (χ2n) is 12.1. The van der Waals surface area contributed by atoms with E-state index < -0.39 is 0 Å². The van der Waals surface area contributed by atoms with Gasteiger partial charge < -0.3 is 14.5 Å². The maximum atomic E-state index is 14.3. The molecule has 2 aromatic carbocycles. The molecule has 4 aromatic rings. The molecule has 3 heterocycles. The van der Waals surface area contributed by atoms with Gasteiger partial charge in [0.05, 0.1) is 24.1 Å². The zero-order valence-corrected chi connectivity index (χ0v) is 27.5. The SMILES string of the molecule is CCC(=O)OCN(C)C(=O)c1ccc(-n2c(=O)c3c(n4ncc(CC5CC5)c24)CN(C(=O)c2ccc(Br)c(C)c2)[C@@H](C)C3)cc1. The van der Waals surface area contributed by atoms with Crippen LogP contribution in [0.25, 0.3) is 11.3 Å². The number of hydrogen-bond donors (Lipinski definition) is 0. The summed E-state index contributed by atoms with van der Waals surface area (Å²) in [6.45, 7) is 5.75. The molecule has 45 heavy (non-hydrogen) atoms. The largest absolute Gasteiger partial charge is 0.444 e. The van der Waals surface area contributed by atoms with Crippen molar-refractivity contribution in [2.45, 2.75) is 65.5 Å². The third kappa shape index (κ3) is 5.93. The third-order valence-corrected chi connectivity index (χ3v) is 9.63. The second-order valence-corrected chi connectivity index (χ2v) is 13.0. The number of rotatable bonds is 8. The van der Waals surface area contributed by atoms with Gasteiger partial charge in [0.15, 0.2) is 6.73 Å². The average molecular weight is 675 g/mol. The van der Waals surface area contributed by atoms with Crippen LogP contribution >= 0.6 is 15.9 Å². The fourth-order valence-corrected chi connectivity index (χ4v) is 6.17. The van der Waals surface area contributed by atoms with Crippen LogP contribution in [0.1, 0.15) is 76.2 Å². The summed E-state index contributed by atoms with van der Waals surface area (Å²) in [4.78, 5) is 55.7. The molecule has 2 amide bonds. The van der Waals surface area contributed by atoms with Gasteiger partial charge in [0.1, 0.15) is 5.65 Å². The van der Waals surface area contributed by atoms with Crippen LogP contribution in [0.3, 0.4) is 0 Å². The number of amides is 2. The van der Waals surface area contributed by atoms with Crippen molar-refractivity contribution in [2.75, 3.05) is 13.8 Å². The number of fused-ring (bicyclic) bond motifs is 3. The van der Waals surface area contributed by atoms with E-state index in [0.717, 1.165) is 40.6 Å². The Labute approximate surface area is 269 Å². The first-order valence-corrected chi connectivity index (χ1v) is 16.1. The number of ether oxygens (including phenoxy) is 1. The van der Waals surface area contributed by atoms with Crippen molar-refractivity contribution >= 4 is 39.4 Å². The molecule has 0 N–H and O–H groups in total. The number of hydrogen-bond acceptors (Lipinski definition) is 6. The molecule has 234 valence electrons. The summed E-state index contributed by atoms with van der Waals surface area (Å²) in [6, 6.07) is 12.3. The molecule has 11 heteroatoms. The summed E-state index contributed by atoms with van der Waals surface area (Å²) in [7, 11) is 1.57. The van der Waals surface area contributed by atoms with E-state index >= 15 is 0 Å². The number of nitrogens with zero attached hydrogens (tertiary/aromatic N) is 5. The van der Waals surface area contributed by atoms with E-state index in [1.165, 1.54) is 4.90 Å². The normalized spacial score (nSPS) is 16.0. The minimum atomic E-state index is -0.381. The average Bonchev–Trinajstić information content (AvgIpc) is 3.78. The van der Waals surface area contributed by atoms with Crippen LogP contribution in [0.4, 0.5) is 0 Å². The minimum Gasteiger partial charge on any atom is -0.444 e. The molecule has 0 radical (unpaired) electrons. The fraction of sp³-hybridized carbons (Fsp3) is 0.382. The van der Waals surface area contributed by atoms with Crippen molar-refractivity contribution < 1.29 is 19.1 Å². The van der Waals surface area contributed by atoms with E-state index in [-0.39, 0.29) is 49.1 Å². The van der Waals surface area contributed by atoms with Gasteiger partial charge in [-0.3, -0.25) is 23.7 Å². The van der Waals surface area contributed by atoms with E-state index in [4.69, 9.17) is 9.84 Å². The molecule has 1 fully saturated rings. The third-order valence-electron chi connectivity index (χ3n) is 8.74. The lowest BCUT2D eigenvalue weighted by Crippen LogP contribution is -2.46. The molecule has 2 aliphatic rings. The molecule has 1 aliphatic heterocycles. The highest BCUT2D eigenvalue weighted by atomic mass is 79.9. The second kappa shape index (κ2) is 12.3. The molecule has 0 spiro atoms. The monoisotopic (exact) mass is 673 g/mol. The molecular weight excluding hydrogens is 638 g/mol. The molecule has 2 aromatic heterocycles. The van der Waals surface area contributed by atoms with Gasteiger partial charge in [-0.1, -0.05) is 22.9 Å². The topological polar surface area (TPSA) is 106 Å². The Morgan fingerprint density at radius 3 is 2.47 bits per heavy atom. The van der Waals surface area contributed by atoms with Gasteiger partial charge in [-0.05, 0) is 93.5 Å². The van der Waals surface area contributed by atoms with Crippen LogP contribution in [-0.4, -0.2) is 61.6 Å². The lowest BCUT2D eigenvalue weighted by atomic mass is 9.98. The highest BCUT2D eigenvalue weighted by Crippen LogP contribution is 2.35. The van der Waals surface area contributed by atoms with Crippen molar-refractivity contribution in [1.29, 1.82) is 0 Å². The van der Waals surface area contributed by atoms with Crippen molar-refractivity contribution in [1.82, 2.24) is 24.0 Å². The zero-order chi connectivity index (χ0) is 32.0. The summed E-state index contributed by atoms with van der Waals surface area (Å²) in [6.07, 6.45) is 5.58. The van der Waals surface area contributed by atoms with Gasteiger partial charge in [0, 0.05) is 46.2 Å². The van der Waals surface area contributed by atoms with Crippen LogP contribution in [0.5, 0.6) is 0 Å². The Bertz CT molecular complexity index is 1870. The Morgan fingerprint density at radius 2 is 1.80 bits per heavy atom. The number of esters is 1. The molecule has 1 saturated carbocycles. The molecule has 10 nitrogen and oxygen atoms in total. The predicted octanol–water partition coefficient (Wildman–Crippen LogP) is 5.08. The number of aromatic nitrogens is 3. The maximum Gasteiger partial charge on any atom is 0.307 e. The smallest absolute Gasteiger partial charge is 0.307 e. The van der Waals surface area contributed by atoms with E-state index in [9.17, 15) is 19.2 Å². The van der Waals surface area contributed by atoms with Crippen molar-refractivity contribution in [3.63, 3.8) is 0 Å². The first-order chi connectivity index (χ1) is 21.6. The Hall–Kier alpha value is -4.25. The zero-order valence-electron chi connectivity index (χ0n) is 25.9. The van der Waals surface area contributed by atoms with Crippen molar-refractivity contribution in [2.24, 2.45) is 5.92 Å². The molecule has 0 unspecified atom stereocenters. The van der Waals surface area contributed by atoms with Crippen molar-refractivity contribution in [3.05, 3.63) is 97.0 Å². The van der Waals surface area contributed by atoms with Gasteiger partial charge in [-0.2, -0.15) is 5.10 Å². The predicted molar refractivity (Wildman–Crippen MR) is 172 cm³/mol. The standard InChI is InChI=1S/C34H36BrN5O5/c1-5-30(41)45-19-37(4)32(42)23-8-11-26(12-9-23)39-31-25(16-22-6-7-22)17-36-40(31)29-18-38(21(3)15-27(29)34(39)44)33(43)24-10-13-28(35)20(2)14-24/h8-14,17,21-22H,5-7,15-16,18-19H2,1-4H3/t21-/m0/s1. The summed E-state index contributed by atoms with van der Waals surface area (Å²) in [5.41, 5.74) is 5.50. The van der Waals surface area contributed by atoms with Gasteiger partial charge in [0.2, 0.25) is 0 Å². The Morgan fingerprint density at radius 1 is 1.09 bits per heavy atom. The number of carbonyl (C=O) groups is 3. The Kier molecular flexibility index (Phi) is 8.39. The Balaban J connectivity index is 1.38. The quantitative estimate of drug-likeness (QED) is 0.191. The first-order valence-electron chi connectivity index (χ1n) is 15.3. The summed E-state index contributed by atoms with van der Waals surface area (Å²) < 4.78 is 9.58. The molecule has 6 rings (SSSR count). The number of carbonyl (C=O) groups excluding carboxylic acids is 3. The summed E-state index contributed by atoms with van der Waals surface area (Å²) in [5, 5.41) is 4.78. The number of aryl methyl sites for hydroxylation is 1. The minimum absolute atomic E-state index is 0.0823. The van der Waals surface area contributed by atoms with Gasteiger partial charge >= 0.3 is 5.97 Å². The van der Waals surface area contributed by atoms with Gasteiger partial charge in [-0.25, -0.2) is 4.52 Å². The number of halogens is 1. The summed E-state index contributed by atoms with van der Waals surface area (Å²) >= 11 is 3.51. The van der Waals surface area contributed by atoms with Crippen LogP contribution in [0, 0.1) is 12.8 Å². The van der Waals surface area contributed by atoms with Gasteiger partial charge in [0.25, 0.3) is 17.4 Å². The van der Waals surface area contributed by atoms with Crippen LogP contribution in [0.15, 0.2) is 57.9 Å². The van der Waals surface area contributed by atoms with E-state index in [0.29, 0.717) is 40.4 Å². The van der Waals surface area contributed by atoms with Gasteiger partial charge in [-0.15, -0.1) is 0 Å². The lowest BCUT2D eigenvalue weighted by molar-refractivity contribution is -0.146. The molecule has 0 saturated heterocycles. The first kappa shape index (κ1) is 30.8. The van der Waals surface area contributed by atoms with E-state index in [2.05, 4.69) is 15.9 Å². The number of benzene rings is 2. The highest BCUT2D eigenvalue weighted by molar-refractivity contribution is 9.10. The summed E-state index contributed by atoms with van der Waals surface area (Å²) in [5.74, 6) is -0.199. The molecular formula is C34H36BrN5O5. The van der Waals surface area contributed by atoms with Crippen LogP contribution in [-0.2, 0) is 28.9 Å². The highest BCUT2D eigenvalue weighted by Gasteiger charge is 2.34. The van der Waals surface area contributed by atoms with Crippen molar-refractivity contribution in [3.8, 4) is 5.69 Å². The van der Waals surface area contributed by atoms with E-state index in [1.54, 1.807) is 42.8 Å². The maximum absolute atomic E-state index is 14.3. The molecule has 0 bridgehead atoms. The van der Waals surface area contributed by atoms with E-state index in [1.807, 2.05) is 47.7 Å². The van der Waals surface area contributed by atoms with Crippen LogP contribution < -0.4 is 5.56 Å². The molecule has 1 aliphatic carbocycles. The fourth-order valence-electron chi connectivity index (χ4n) is 5.92. The van der Waals surface area contributed by atoms with Crippen LogP contribution in [0.2, 0.25) is 0 Å². The molecule has 1 atom stereocenters. The lowest BCUT2D eigenvalue weighted by Gasteiger charge is -2.35.